The summed E-state index contributed by atoms with van der Waals surface area (Å²) < 4.78 is 75.0. The van der Waals surface area contributed by atoms with Crippen molar-refractivity contribution in [3.8, 4) is 11.6 Å². The molecule has 5 aliphatic rings. The Labute approximate surface area is 402 Å². The molecule has 3 aliphatic carbocycles. The second kappa shape index (κ2) is 18.0. The number of Topliss-reactive ketones (excluding diaryl/α,β-unsaturated/α-hetero) is 2. The molecule has 1 unspecified atom stereocenters. The van der Waals surface area contributed by atoms with E-state index in [4.69, 9.17) is 18.4 Å². The standard InChI is InChI=1S/C55H60F3N3O7Si/c1-53(2,3)69(4,5)68-54-40(47(60-25-15-16-26-60)49-45(51(54)64)52(59-67-49)66-33-36-22-13-8-14-23-36)29-37-28-39-44(48(62)43(37)50(54)63)42(65-32-35-20-11-7-12-21-35)30-38(46(39)55(56,57)58)41-24-17-27-61(41)31-34-18-9-6-10-19-34/h6-14,18-23,30,37,40-41,47,63H,15-17,24-29,31-33H2,1-5H3/t37-,40-,41?,47-,54-/m0/s1. The van der Waals surface area contributed by atoms with Crippen molar-refractivity contribution in [3.63, 3.8) is 0 Å². The van der Waals surface area contributed by atoms with Crippen LogP contribution in [0.1, 0.15) is 125 Å². The maximum absolute atomic E-state index is 16.2. The third kappa shape index (κ3) is 8.34. The molecule has 2 saturated heterocycles. The van der Waals surface area contributed by atoms with Crippen molar-refractivity contribution in [1.82, 2.24) is 15.0 Å². The van der Waals surface area contributed by atoms with Crippen molar-refractivity contribution in [3.05, 3.63) is 159 Å². The van der Waals surface area contributed by atoms with Crippen LogP contribution in [0.2, 0.25) is 18.1 Å². The lowest BCUT2D eigenvalue weighted by molar-refractivity contribution is -0.139. The van der Waals surface area contributed by atoms with E-state index in [9.17, 15) is 5.11 Å². The molecule has 0 bridgehead atoms. The third-order valence-corrected chi connectivity index (χ3v) is 20.2. The van der Waals surface area contributed by atoms with Crippen molar-refractivity contribution in [2.75, 3.05) is 19.6 Å². The number of carbonyl (C=O) groups is 2. The summed E-state index contributed by atoms with van der Waals surface area (Å²) in [6.07, 6.45) is -2.11. The van der Waals surface area contributed by atoms with Gasteiger partial charge < -0.3 is 23.5 Å². The molecule has 14 heteroatoms. The fourth-order valence-electron chi connectivity index (χ4n) is 11.5. The highest BCUT2D eigenvalue weighted by Gasteiger charge is 2.68. The second-order valence-electron chi connectivity index (χ2n) is 21.0. The van der Waals surface area contributed by atoms with Crippen LogP contribution in [0, 0.1) is 11.8 Å². The monoisotopic (exact) mass is 959 g/mol. The Morgan fingerprint density at radius 1 is 0.826 bits per heavy atom. The summed E-state index contributed by atoms with van der Waals surface area (Å²) in [5, 5.41) is 17.2. The molecular formula is C55H60F3N3O7Si. The van der Waals surface area contributed by atoms with Gasteiger partial charge in [0.25, 0.3) is 5.88 Å². The lowest BCUT2D eigenvalue weighted by Gasteiger charge is -2.55. The Morgan fingerprint density at radius 3 is 2.04 bits per heavy atom. The summed E-state index contributed by atoms with van der Waals surface area (Å²) in [6, 6.07) is 28.6. The predicted octanol–water partition coefficient (Wildman–Crippen LogP) is 12.2. The number of carbonyl (C=O) groups excluding carboxylic acids is 2. The van der Waals surface area contributed by atoms with Crippen LogP contribution >= 0.6 is 0 Å². The molecule has 2 aliphatic heterocycles. The number of benzene rings is 4. The van der Waals surface area contributed by atoms with E-state index in [2.05, 4.69) is 15.0 Å². The quantitative estimate of drug-likeness (QED) is 0.121. The highest BCUT2D eigenvalue weighted by atomic mass is 28.4. The van der Waals surface area contributed by atoms with Gasteiger partial charge in [-0.1, -0.05) is 112 Å². The van der Waals surface area contributed by atoms with E-state index in [1.165, 1.54) is 6.07 Å². The number of ether oxygens (including phenoxy) is 2. The number of alkyl halides is 3. The number of fused-ring (bicyclic) bond motifs is 4. The van der Waals surface area contributed by atoms with Gasteiger partial charge in [0.05, 0.1) is 17.2 Å². The molecule has 0 saturated carbocycles. The van der Waals surface area contributed by atoms with E-state index < -0.39 is 71.9 Å². The molecule has 5 aromatic rings. The zero-order valence-corrected chi connectivity index (χ0v) is 40.9. The van der Waals surface area contributed by atoms with Crippen LogP contribution in [0.4, 0.5) is 13.2 Å². The average Bonchev–Trinajstić information content (AvgIpc) is 4.11. The number of hydrogen-bond donors (Lipinski definition) is 1. The van der Waals surface area contributed by atoms with Gasteiger partial charge in [-0.15, -0.1) is 0 Å². The van der Waals surface area contributed by atoms with Crippen molar-refractivity contribution in [1.29, 1.82) is 0 Å². The van der Waals surface area contributed by atoms with Crippen LogP contribution in [0.5, 0.6) is 11.6 Å². The molecule has 1 N–H and O–H groups in total. The van der Waals surface area contributed by atoms with Crippen LogP contribution in [0.3, 0.4) is 0 Å². The topological polar surface area (TPSA) is 115 Å². The van der Waals surface area contributed by atoms with Crippen LogP contribution in [0.15, 0.2) is 113 Å². The molecule has 362 valence electrons. The number of halogens is 3. The molecule has 4 aromatic carbocycles. The highest BCUT2D eigenvalue weighted by molar-refractivity contribution is 6.74. The molecule has 69 heavy (non-hydrogen) atoms. The first-order chi connectivity index (χ1) is 33.0. The number of nitrogens with zero attached hydrogens (tertiary/aromatic N) is 3. The number of hydrogen-bond acceptors (Lipinski definition) is 10. The van der Waals surface area contributed by atoms with Gasteiger partial charge in [-0.2, -0.15) is 13.2 Å². The Kier molecular flexibility index (Phi) is 12.3. The predicted molar refractivity (Wildman–Crippen MR) is 256 cm³/mol. The van der Waals surface area contributed by atoms with Crippen molar-refractivity contribution >= 4 is 19.9 Å². The molecule has 2 fully saturated rings. The van der Waals surface area contributed by atoms with Crippen molar-refractivity contribution in [2.45, 2.75) is 121 Å². The zero-order valence-electron chi connectivity index (χ0n) is 39.9. The number of aliphatic hydroxyl groups is 1. The van der Waals surface area contributed by atoms with Crippen LogP contribution in [0.25, 0.3) is 0 Å². The molecular weight excluding hydrogens is 900 g/mol. The first kappa shape index (κ1) is 47.1. The Balaban J connectivity index is 1.17. The number of likely N-dealkylation sites (tertiary alicyclic amines) is 2. The number of ketones is 2. The Morgan fingerprint density at radius 2 is 1.43 bits per heavy atom. The summed E-state index contributed by atoms with van der Waals surface area (Å²) in [7, 11) is -3.07. The van der Waals surface area contributed by atoms with Gasteiger partial charge in [0.15, 0.2) is 25.5 Å². The van der Waals surface area contributed by atoms with Gasteiger partial charge in [0, 0.05) is 24.1 Å². The van der Waals surface area contributed by atoms with E-state index >= 15 is 22.8 Å². The minimum Gasteiger partial charge on any atom is -0.508 e. The number of allylic oxidation sites excluding steroid dienone is 1. The molecule has 0 radical (unpaired) electrons. The van der Waals surface area contributed by atoms with E-state index in [1.807, 2.05) is 125 Å². The SMILES string of the molecule is CC(C)(C)[Si](C)(C)O[C@@]12C(=O)c3c(OCc4ccccc4)noc3[C@@H](N3CCCC3)[C@@H]1C[C@@H]1Cc3c(c(OCc4ccccc4)cc(C4CCCN4Cc4ccccc4)c3C(F)(F)F)C(=O)C1=C2O. The normalized spacial score (nSPS) is 24.2. The van der Waals surface area contributed by atoms with Gasteiger partial charge in [-0.25, -0.2) is 0 Å². The van der Waals surface area contributed by atoms with Gasteiger partial charge in [-0.3, -0.25) is 19.4 Å². The van der Waals surface area contributed by atoms with Gasteiger partial charge >= 0.3 is 6.18 Å². The summed E-state index contributed by atoms with van der Waals surface area (Å²) in [4.78, 5) is 36.0. The summed E-state index contributed by atoms with van der Waals surface area (Å²) >= 11 is 0. The van der Waals surface area contributed by atoms with E-state index in [-0.39, 0.29) is 71.3 Å². The molecule has 5 atom stereocenters. The van der Waals surface area contributed by atoms with Gasteiger partial charge in [-0.05, 0) is 121 Å². The molecule has 3 heterocycles. The maximum atomic E-state index is 16.2. The van der Waals surface area contributed by atoms with Crippen LogP contribution in [-0.2, 0) is 36.8 Å². The largest absolute Gasteiger partial charge is 0.508 e. The molecule has 0 spiro atoms. The molecule has 10 rings (SSSR count). The number of aliphatic hydroxyl groups excluding tert-OH is 1. The van der Waals surface area contributed by atoms with E-state index in [0.29, 0.717) is 39.0 Å². The fraction of sp³-hybridized carbons (Fsp3) is 0.436. The first-order valence-electron chi connectivity index (χ1n) is 24.3. The molecule has 10 nitrogen and oxygen atoms in total. The minimum absolute atomic E-state index is 0.0106. The molecule has 0 amide bonds. The van der Waals surface area contributed by atoms with Gasteiger partial charge in [0.2, 0.25) is 5.78 Å². The lowest BCUT2D eigenvalue weighted by Crippen LogP contribution is -2.65. The lowest BCUT2D eigenvalue weighted by atomic mass is 9.58. The Hall–Kier alpha value is -5.54. The maximum Gasteiger partial charge on any atom is 0.417 e. The molecule has 1 aromatic heterocycles. The van der Waals surface area contributed by atoms with E-state index in [0.717, 1.165) is 29.5 Å². The first-order valence-corrected chi connectivity index (χ1v) is 27.2. The summed E-state index contributed by atoms with van der Waals surface area (Å²) in [5.74, 6) is -3.54. The summed E-state index contributed by atoms with van der Waals surface area (Å²) in [5.41, 5.74) is -0.759. The highest BCUT2D eigenvalue weighted by Crippen LogP contribution is 2.61. The zero-order chi connectivity index (χ0) is 48.5. The van der Waals surface area contributed by atoms with E-state index in [1.54, 1.807) is 0 Å². The second-order valence-corrected chi connectivity index (χ2v) is 25.8. The Bertz CT molecular complexity index is 2770. The smallest absolute Gasteiger partial charge is 0.417 e. The van der Waals surface area contributed by atoms with Crippen LogP contribution < -0.4 is 9.47 Å². The van der Waals surface area contributed by atoms with Crippen molar-refractivity contribution < 1.29 is 46.3 Å². The third-order valence-electron chi connectivity index (χ3n) is 15.8. The minimum atomic E-state index is -4.85. The van der Waals surface area contributed by atoms with Crippen LogP contribution in [-0.4, -0.2) is 65.2 Å². The fourth-order valence-corrected chi connectivity index (χ4v) is 13.0. The van der Waals surface area contributed by atoms with Crippen molar-refractivity contribution in [2.24, 2.45) is 11.8 Å². The number of aromatic nitrogens is 1. The van der Waals surface area contributed by atoms with Gasteiger partial charge in [0.1, 0.15) is 30.3 Å². The average molecular weight is 960 g/mol. The summed E-state index contributed by atoms with van der Waals surface area (Å²) in [6.45, 7) is 12.5. The number of rotatable bonds is 12.